The summed E-state index contributed by atoms with van der Waals surface area (Å²) in [6, 6.07) is 0.705. The number of hydrogen-bond donors (Lipinski definition) is 0. The molecule has 0 heterocycles. The van der Waals surface area contributed by atoms with Gasteiger partial charge in [0.15, 0.2) is 0 Å². The van der Waals surface area contributed by atoms with Crippen LogP contribution in [0.3, 0.4) is 0 Å². The van der Waals surface area contributed by atoms with Gasteiger partial charge in [-0.25, -0.2) is 0 Å². The third kappa shape index (κ3) is 6.13. The predicted molar refractivity (Wildman–Crippen MR) is 58.3 cm³/mol. The third-order valence-electron chi connectivity index (χ3n) is 2.05. The van der Waals surface area contributed by atoms with E-state index in [0.29, 0.717) is 25.9 Å². The predicted octanol–water partition coefficient (Wildman–Crippen LogP) is 1.08. The maximum Gasteiger partial charge on any atom is 0.547 e. The van der Waals surface area contributed by atoms with Crippen LogP contribution in [0, 0.1) is 7.11 Å². The number of rotatable bonds is 10. The molecule has 0 amide bonds. The first-order chi connectivity index (χ1) is 7.24. The third-order valence-corrected chi connectivity index (χ3v) is 4.70. The first kappa shape index (κ1) is 14.9. The van der Waals surface area contributed by atoms with Gasteiger partial charge >= 0.3 is 8.80 Å². The molecule has 0 atom stereocenters. The minimum Gasteiger partial charge on any atom is -0.382 e. The summed E-state index contributed by atoms with van der Waals surface area (Å²) in [5.41, 5.74) is 0. The maximum atomic E-state index is 5.31. The van der Waals surface area contributed by atoms with Crippen molar-refractivity contribution in [3.8, 4) is 0 Å². The van der Waals surface area contributed by atoms with Crippen LogP contribution in [0.2, 0.25) is 6.04 Å². The van der Waals surface area contributed by atoms with Crippen molar-refractivity contribution in [3.05, 3.63) is 7.11 Å². The number of hydrogen-bond acceptors (Lipinski definition) is 5. The fraction of sp³-hybridized carbons (Fsp3) is 0.889. The van der Waals surface area contributed by atoms with Crippen LogP contribution in [0.4, 0.5) is 0 Å². The van der Waals surface area contributed by atoms with Gasteiger partial charge in [0.05, 0.1) is 13.2 Å². The SMILES string of the molecule is [CH2+]O[Si](CCCOCCOC)(OC)OC. The van der Waals surface area contributed by atoms with Crippen molar-refractivity contribution >= 4 is 8.80 Å². The molecule has 0 fully saturated rings. The zero-order valence-corrected chi connectivity index (χ0v) is 10.8. The molecule has 0 saturated heterocycles. The molecule has 0 aliphatic carbocycles. The summed E-state index contributed by atoms with van der Waals surface area (Å²) >= 11 is 0. The molecule has 0 rings (SSSR count). The van der Waals surface area contributed by atoms with E-state index in [1.54, 1.807) is 21.3 Å². The van der Waals surface area contributed by atoms with E-state index in [4.69, 9.17) is 22.8 Å². The van der Waals surface area contributed by atoms with Gasteiger partial charge in [0, 0.05) is 34.0 Å². The average Bonchev–Trinajstić information content (AvgIpc) is 2.29. The Hall–Kier alpha value is -0.113. The van der Waals surface area contributed by atoms with Crippen molar-refractivity contribution in [1.29, 1.82) is 0 Å². The molecule has 0 aromatic heterocycles. The van der Waals surface area contributed by atoms with Gasteiger partial charge in [0.1, 0.15) is 0 Å². The molecule has 0 N–H and O–H groups in total. The van der Waals surface area contributed by atoms with Crippen molar-refractivity contribution in [3.63, 3.8) is 0 Å². The Morgan fingerprint density at radius 3 is 2.13 bits per heavy atom. The molecular weight excluding hydrogens is 216 g/mol. The Morgan fingerprint density at radius 1 is 1.00 bits per heavy atom. The molecule has 0 spiro atoms. The van der Waals surface area contributed by atoms with Gasteiger partial charge in [-0.05, 0) is 6.42 Å². The van der Waals surface area contributed by atoms with Crippen LogP contribution in [-0.4, -0.2) is 50.0 Å². The van der Waals surface area contributed by atoms with E-state index in [0.717, 1.165) is 6.42 Å². The lowest BCUT2D eigenvalue weighted by atomic mass is 10.5. The van der Waals surface area contributed by atoms with E-state index in [2.05, 4.69) is 7.11 Å². The van der Waals surface area contributed by atoms with Crippen LogP contribution in [0.25, 0.3) is 0 Å². The maximum absolute atomic E-state index is 5.31. The summed E-state index contributed by atoms with van der Waals surface area (Å²) in [7, 11) is 5.67. The Kier molecular flexibility index (Phi) is 9.07. The van der Waals surface area contributed by atoms with E-state index in [9.17, 15) is 0 Å². The topological polar surface area (TPSA) is 46.2 Å². The molecule has 0 aliphatic heterocycles. The monoisotopic (exact) mass is 237 g/mol. The minimum atomic E-state index is -2.51. The van der Waals surface area contributed by atoms with Gasteiger partial charge in [-0.2, -0.15) is 4.43 Å². The molecule has 0 aromatic rings. The molecule has 5 nitrogen and oxygen atoms in total. The van der Waals surface area contributed by atoms with Crippen LogP contribution in [-0.2, 0) is 22.8 Å². The van der Waals surface area contributed by atoms with E-state index < -0.39 is 8.80 Å². The molecule has 15 heavy (non-hydrogen) atoms. The molecule has 0 bridgehead atoms. The second-order valence-corrected chi connectivity index (χ2v) is 5.92. The highest BCUT2D eigenvalue weighted by Crippen LogP contribution is 2.15. The summed E-state index contributed by atoms with van der Waals surface area (Å²) < 4.78 is 25.6. The summed E-state index contributed by atoms with van der Waals surface area (Å²) in [4.78, 5) is 0. The summed E-state index contributed by atoms with van der Waals surface area (Å²) in [6.07, 6.45) is 0.827. The summed E-state index contributed by atoms with van der Waals surface area (Å²) in [6.45, 7) is 1.87. The zero-order chi connectivity index (χ0) is 11.6. The van der Waals surface area contributed by atoms with Crippen LogP contribution >= 0.6 is 0 Å². The minimum absolute atomic E-state index is 0.607. The molecule has 6 heteroatoms. The Labute approximate surface area is 93.0 Å². The molecule has 0 radical (unpaired) electrons. The van der Waals surface area contributed by atoms with E-state index in [1.165, 1.54) is 0 Å². The van der Waals surface area contributed by atoms with Crippen LogP contribution < -0.4 is 0 Å². The molecule has 0 saturated carbocycles. The van der Waals surface area contributed by atoms with Crippen molar-refractivity contribution < 1.29 is 22.8 Å². The lowest BCUT2D eigenvalue weighted by molar-refractivity contribution is 0.0675. The lowest BCUT2D eigenvalue weighted by Crippen LogP contribution is -2.42. The Balaban J connectivity index is 3.54. The molecule has 0 aliphatic rings. The fourth-order valence-electron chi connectivity index (χ4n) is 1.11. The average molecular weight is 237 g/mol. The van der Waals surface area contributed by atoms with Crippen molar-refractivity contribution in [2.75, 3.05) is 41.2 Å². The van der Waals surface area contributed by atoms with E-state index in [1.807, 2.05) is 0 Å². The van der Waals surface area contributed by atoms with Crippen LogP contribution in [0.15, 0.2) is 0 Å². The largest absolute Gasteiger partial charge is 0.547 e. The highest BCUT2D eigenvalue weighted by molar-refractivity contribution is 6.60. The molecule has 90 valence electrons. The fourth-order valence-corrected chi connectivity index (χ4v) is 2.64. The first-order valence-corrected chi connectivity index (χ1v) is 6.78. The lowest BCUT2D eigenvalue weighted by Gasteiger charge is -2.19. The van der Waals surface area contributed by atoms with E-state index >= 15 is 0 Å². The number of methoxy groups -OCH3 is 1. The Morgan fingerprint density at radius 2 is 1.67 bits per heavy atom. The second kappa shape index (κ2) is 9.14. The first-order valence-electron chi connectivity index (χ1n) is 4.85. The molecular formula is C9H21O5Si+. The molecule has 0 unspecified atom stereocenters. The highest BCUT2D eigenvalue weighted by Gasteiger charge is 2.41. The van der Waals surface area contributed by atoms with Gasteiger partial charge in [0.2, 0.25) is 7.11 Å². The van der Waals surface area contributed by atoms with Crippen LogP contribution in [0.1, 0.15) is 6.42 Å². The molecule has 0 aromatic carbocycles. The standard InChI is InChI=1S/C9H21O5Si/c1-10-7-8-14-6-5-9-15(11-2,12-3)13-4/h2,5-9H2,1,3-4H3/q+1. The normalized spacial score (nSPS) is 11.9. The van der Waals surface area contributed by atoms with Gasteiger partial charge in [-0.1, -0.05) is 0 Å². The van der Waals surface area contributed by atoms with Gasteiger partial charge in [-0.15, -0.1) is 0 Å². The van der Waals surface area contributed by atoms with Crippen molar-refractivity contribution in [2.45, 2.75) is 12.5 Å². The Bertz CT molecular complexity index is 132. The van der Waals surface area contributed by atoms with Crippen LogP contribution in [0.5, 0.6) is 0 Å². The summed E-state index contributed by atoms with van der Waals surface area (Å²) in [5.74, 6) is 0. The van der Waals surface area contributed by atoms with Gasteiger partial charge in [-0.3, -0.25) is 0 Å². The number of ether oxygens (including phenoxy) is 2. The highest BCUT2D eigenvalue weighted by atomic mass is 28.4. The zero-order valence-electron chi connectivity index (χ0n) is 9.78. The van der Waals surface area contributed by atoms with Gasteiger partial charge < -0.3 is 18.3 Å². The van der Waals surface area contributed by atoms with Crippen molar-refractivity contribution in [1.82, 2.24) is 0 Å². The van der Waals surface area contributed by atoms with E-state index in [-0.39, 0.29) is 0 Å². The van der Waals surface area contributed by atoms with Crippen molar-refractivity contribution in [2.24, 2.45) is 0 Å². The smallest absolute Gasteiger partial charge is 0.382 e. The second-order valence-electron chi connectivity index (χ2n) is 2.94. The van der Waals surface area contributed by atoms with Gasteiger partial charge in [0.25, 0.3) is 0 Å². The quantitative estimate of drug-likeness (QED) is 0.323. The summed E-state index contributed by atoms with van der Waals surface area (Å²) in [5, 5.41) is 0.